The molecule has 0 radical (unpaired) electrons. The van der Waals surface area contributed by atoms with Crippen LogP contribution in [0.5, 0.6) is 0 Å². The van der Waals surface area contributed by atoms with Crippen LogP contribution in [0.2, 0.25) is 0 Å². The Bertz CT molecular complexity index is 415. The second-order valence-electron chi connectivity index (χ2n) is 2.78. The molecule has 0 aliphatic heterocycles. The molecule has 0 unspecified atom stereocenters. The minimum atomic E-state index is -5.11. The van der Waals surface area contributed by atoms with Gasteiger partial charge in [-0.05, 0) is 6.07 Å². The third-order valence-corrected chi connectivity index (χ3v) is 1.74. The fraction of sp³-hybridized carbons (Fsp3) is 0.250. The number of carbonyl (C=O) groups is 1. The van der Waals surface area contributed by atoms with Crippen LogP contribution in [-0.2, 0) is 6.18 Å². The van der Waals surface area contributed by atoms with E-state index >= 15 is 0 Å². The smallest absolute Gasteiger partial charge is 0.366 e. The van der Waals surface area contributed by atoms with Crippen LogP contribution in [0.25, 0.3) is 0 Å². The number of hydrogen-bond donors (Lipinski definition) is 1. The van der Waals surface area contributed by atoms with E-state index in [1.807, 2.05) is 0 Å². The molecule has 0 bridgehead atoms. The molecule has 1 heterocycles. The van der Waals surface area contributed by atoms with Gasteiger partial charge in [-0.3, -0.25) is 9.78 Å². The summed E-state index contributed by atoms with van der Waals surface area (Å²) in [6.07, 6.45) is -7.86. The highest BCUT2D eigenvalue weighted by Gasteiger charge is 2.40. The average molecular weight is 240 g/mol. The molecule has 8 heteroatoms. The molecule has 1 rings (SSSR count). The highest BCUT2D eigenvalue weighted by molar-refractivity contribution is 5.94. The van der Waals surface area contributed by atoms with Crippen molar-refractivity contribution in [2.75, 3.05) is 0 Å². The van der Waals surface area contributed by atoms with Gasteiger partial charge in [-0.2, -0.15) is 13.2 Å². The van der Waals surface area contributed by atoms with E-state index in [1.54, 1.807) is 0 Å². The second-order valence-corrected chi connectivity index (χ2v) is 2.78. The predicted molar refractivity (Wildman–Crippen MR) is 42.7 cm³/mol. The van der Waals surface area contributed by atoms with Gasteiger partial charge in [0.05, 0.1) is 11.1 Å². The van der Waals surface area contributed by atoms with Gasteiger partial charge < -0.3 is 5.73 Å². The van der Waals surface area contributed by atoms with Gasteiger partial charge in [0, 0.05) is 6.20 Å². The Balaban J connectivity index is 3.54. The van der Waals surface area contributed by atoms with Crippen molar-refractivity contribution < 1.29 is 26.7 Å². The molecule has 88 valence electrons. The van der Waals surface area contributed by atoms with Crippen LogP contribution in [0.1, 0.15) is 28.0 Å². The zero-order valence-electron chi connectivity index (χ0n) is 7.55. The maximum atomic E-state index is 12.4. The number of halogens is 5. The van der Waals surface area contributed by atoms with Crippen molar-refractivity contribution in [1.29, 1.82) is 0 Å². The Morgan fingerprint density at radius 2 is 1.94 bits per heavy atom. The van der Waals surface area contributed by atoms with Gasteiger partial charge in [0.25, 0.3) is 6.43 Å². The van der Waals surface area contributed by atoms with Gasteiger partial charge in [-0.15, -0.1) is 0 Å². The number of amides is 1. The molecule has 3 nitrogen and oxygen atoms in total. The topological polar surface area (TPSA) is 56.0 Å². The summed E-state index contributed by atoms with van der Waals surface area (Å²) in [5.41, 5.74) is 0.376. The number of nitrogens with two attached hydrogens (primary N) is 1. The Labute approximate surface area is 86.1 Å². The lowest BCUT2D eigenvalue weighted by atomic mass is 10.1. The Morgan fingerprint density at radius 3 is 2.31 bits per heavy atom. The summed E-state index contributed by atoms with van der Waals surface area (Å²) in [6.45, 7) is 0. The highest BCUT2D eigenvalue weighted by atomic mass is 19.4. The van der Waals surface area contributed by atoms with E-state index in [0.717, 1.165) is 0 Å². The van der Waals surface area contributed by atoms with Crippen molar-refractivity contribution in [3.63, 3.8) is 0 Å². The fourth-order valence-electron chi connectivity index (χ4n) is 1.15. The number of nitrogens with zero attached hydrogens (tertiary/aromatic N) is 1. The first-order valence-electron chi connectivity index (χ1n) is 3.89. The van der Waals surface area contributed by atoms with Crippen molar-refractivity contribution in [2.24, 2.45) is 5.73 Å². The molecule has 0 saturated heterocycles. The number of carbonyl (C=O) groups excluding carboxylic acids is 1. The summed E-state index contributed by atoms with van der Waals surface area (Å²) < 4.78 is 61.9. The summed E-state index contributed by atoms with van der Waals surface area (Å²) >= 11 is 0. The van der Waals surface area contributed by atoms with Crippen molar-refractivity contribution in [3.05, 3.63) is 29.1 Å². The molecule has 0 saturated carbocycles. The van der Waals surface area contributed by atoms with Crippen molar-refractivity contribution in [1.82, 2.24) is 4.98 Å². The van der Waals surface area contributed by atoms with E-state index < -0.39 is 35.3 Å². The summed E-state index contributed by atoms with van der Waals surface area (Å²) in [5.74, 6) is -1.43. The number of pyridine rings is 1. The standard InChI is InChI=1S/C8H5F5N2O/c9-6(10)5-4(8(11,12)13)3(7(14)16)1-2-15-5/h1-2,6H,(H2,14,16). The van der Waals surface area contributed by atoms with Crippen LogP contribution >= 0.6 is 0 Å². The van der Waals surface area contributed by atoms with Crippen molar-refractivity contribution in [3.8, 4) is 0 Å². The first kappa shape index (κ1) is 12.3. The minimum absolute atomic E-state index is 0.650. The zero-order chi connectivity index (χ0) is 12.5. The first-order chi connectivity index (χ1) is 7.25. The van der Waals surface area contributed by atoms with Crippen LogP contribution in [0.15, 0.2) is 12.3 Å². The van der Waals surface area contributed by atoms with Gasteiger partial charge in [-0.1, -0.05) is 0 Å². The molecule has 16 heavy (non-hydrogen) atoms. The van der Waals surface area contributed by atoms with E-state index in [9.17, 15) is 26.7 Å². The van der Waals surface area contributed by atoms with Crippen LogP contribution in [0, 0.1) is 0 Å². The second kappa shape index (κ2) is 4.03. The van der Waals surface area contributed by atoms with Crippen LogP contribution in [-0.4, -0.2) is 10.9 Å². The van der Waals surface area contributed by atoms with Crippen LogP contribution < -0.4 is 5.73 Å². The van der Waals surface area contributed by atoms with Gasteiger partial charge in [0.2, 0.25) is 5.91 Å². The van der Waals surface area contributed by atoms with Gasteiger partial charge in [0.15, 0.2) is 0 Å². The van der Waals surface area contributed by atoms with E-state index in [4.69, 9.17) is 0 Å². The van der Waals surface area contributed by atoms with E-state index in [-0.39, 0.29) is 0 Å². The summed E-state index contributed by atoms with van der Waals surface area (Å²) in [5, 5.41) is 0. The maximum Gasteiger partial charge on any atom is 0.419 e. The molecular weight excluding hydrogens is 235 g/mol. The zero-order valence-corrected chi connectivity index (χ0v) is 7.55. The SMILES string of the molecule is NC(=O)c1ccnc(C(F)F)c1C(F)(F)F. The molecule has 0 aliphatic carbocycles. The highest BCUT2D eigenvalue weighted by Crippen LogP contribution is 2.37. The van der Waals surface area contributed by atoms with E-state index in [2.05, 4.69) is 10.7 Å². The number of alkyl halides is 5. The lowest BCUT2D eigenvalue weighted by molar-refractivity contribution is -0.140. The molecule has 1 aromatic rings. The summed E-state index contributed by atoms with van der Waals surface area (Å²) in [7, 11) is 0. The first-order valence-corrected chi connectivity index (χ1v) is 3.89. The number of rotatable bonds is 2. The van der Waals surface area contributed by atoms with Crippen LogP contribution in [0.3, 0.4) is 0 Å². The largest absolute Gasteiger partial charge is 0.419 e. The Kier molecular flexibility index (Phi) is 3.11. The molecule has 0 aromatic carbocycles. The van der Waals surface area contributed by atoms with E-state index in [0.29, 0.717) is 12.3 Å². The molecule has 1 aromatic heterocycles. The number of primary amides is 1. The van der Waals surface area contributed by atoms with Crippen molar-refractivity contribution in [2.45, 2.75) is 12.6 Å². The predicted octanol–water partition coefficient (Wildman–Crippen LogP) is 2.14. The maximum absolute atomic E-state index is 12.4. The molecule has 2 N–H and O–H groups in total. The molecule has 0 aliphatic rings. The van der Waals surface area contributed by atoms with Gasteiger partial charge >= 0.3 is 6.18 Å². The van der Waals surface area contributed by atoms with Gasteiger partial charge in [0.1, 0.15) is 5.69 Å². The summed E-state index contributed by atoms with van der Waals surface area (Å²) in [4.78, 5) is 13.6. The number of aromatic nitrogens is 1. The normalized spacial score (nSPS) is 11.9. The molecule has 1 amide bonds. The molecule has 0 fully saturated rings. The van der Waals surface area contributed by atoms with Gasteiger partial charge in [-0.25, -0.2) is 8.78 Å². The van der Waals surface area contributed by atoms with E-state index in [1.165, 1.54) is 0 Å². The monoisotopic (exact) mass is 240 g/mol. The molecule has 0 spiro atoms. The van der Waals surface area contributed by atoms with Crippen LogP contribution in [0.4, 0.5) is 22.0 Å². The van der Waals surface area contributed by atoms with Crippen molar-refractivity contribution >= 4 is 5.91 Å². The Hall–Kier alpha value is -1.73. The number of hydrogen-bond acceptors (Lipinski definition) is 2. The average Bonchev–Trinajstić information content (AvgIpc) is 2.15. The fourth-order valence-corrected chi connectivity index (χ4v) is 1.15. The Morgan fingerprint density at radius 1 is 1.38 bits per heavy atom. The lowest BCUT2D eigenvalue weighted by Crippen LogP contribution is -2.21. The quantitative estimate of drug-likeness (QED) is 0.805. The third kappa shape index (κ3) is 2.26. The molecule has 0 atom stereocenters. The summed E-state index contributed by atoms with van der Waals surface area (Å²) in [6, 6.07) is 0.650. The lowest BCUT2D eigenvalue weighted by Gasteiger charge is -2.14. The minimum Gasteiger partial charge on any atom is -0.366 e. The third-order valence-electron chi connectivity index (χ3n) is 1.74. The molecular formula is C8H5F5N2O.